The van der Waals surface area contributed by atoms with Crippen LogP contribution in [0.3, 0.4) is 0 Å². The molecule has 6 N–H and O–H groups in total. The summed E-state index contributed by atoms with van der Waals surface area (Å²) in [6, 6.07) is 0. The van der Waals surface area contributed by atoms with Crippen LogP contribution >= 0.6 is 15.6 Å². The summed E-state index contributed by atoms with van der Waals surface area (Å²) in [6.45, 7) is 1.52. The Morgan fingerprint density at radius 1 is 0.525 bits per heavy atom. The van der Waals surface area contributed by atoms with Crippen LogP contribution in [0.25, 0.3) is 0 Å². The Morgan fingerprint density at radius 2 is 0.983 bits per heavy atom. The number of ether oxygens (including phenoxy) is 2. The van der Waals surface area contributed by atoms with Crippen molar-refractivity contribution >= 4 is 27.6 Å². The Labute approximate surface area is 354 Å². The first-order chi connectivity index (χ1) is 28.2. The van der Waals surface area contributed by atoms with Crippen molar-refractivity contribution in [3.05, 3.63) is 24.3 Å². The molecule has 0 aliphatic rings. The fourth-order valence-corrected chi connectivity index (χ4v) is 7.11. The minimum Gasteiger partial charge on any atom is -0.462 e. The first-order valence-corrected chi connectivity index (χ1v) is 25.2. The molecular weight excluding hydrogens is 806 g/mol. The van der Waals surface area contributed by atoms with E-state index in [1.54, 1.807) is 0 Å². The average molecular weight is 887 g/mol. The molecule has 17 heteroatoms. The third kappa shape index (κ3) is 40.4. The number of allylic oxidation sites excluding steroid dienone is 3. The van der Waals surface area contributed by atoms with Crippen LogP contribution in [0.1, 0.15) is 181 Å². The molecule has 0 aromatic heterocycles. The van der Waals surface area contributed by atoms with Crippen molar-refractivity contribution < 1.29 is 71.8 Å². The minimum absolute atomic E-state index is 0.0959. The summed E-state index contributed by atoms with van der Waals surface area (Å²) in [5.74, 6) is -1.14. The van der Waals surface area contributed by atoms with Gasteiger partial charge in [-0.25, -0.2) is 9.13 Å². The summed E-state index contributed by atoms with van der Waals surface area (Å²) >= 11 is 0. The van der Waals surface area contributed by atoms with E-state index in [9.17, 15) is 38.9 Å². The van der Waals surface area contributed by atoms with Gasteiger partial charge in [-0.2, -0.15) is 0 Å². The molecule has 348 valence electrons. The maximum atomic E-state index is 12.7. The molecule has 0 bridgehead atoms. The third-order valence-corrected chi connectivity index (χ3v) is 10.9. The number of aliphatic hydroxyl groups is 3. The lowest BCUT2D eigenvalue weighted by atomic mass is 10.0. The lowest BCUT2D eigenvalue weighted by molar-refractivity contribution is -0.161. The van der Waals surface area contributed by atoms with Gasteiger partial charge in [0.2, 0.25) is 0 Å². The predicted molar refractivity (Wildman–Crippen MR) is 228 cm³/mol. The largest absolute Gasteiger partial charge is 0.472 e. The normalized spacial score (nSPS) is 15.3. The highest BCUT2D eigenvalue weighted by atomic mass is 31.2. The highest BCUT2D eigenvalue weighted by molar-refractivity contribution is 7.47. The molecule has 59 heavy (non-hydrogen) atoms. The topological polar surface area (TPSA) is 236 Å². The molecular formula is C42H80O15P2. The number of hydrogen-bond donors (Lipinski definition) is 6. The SMILES string of the molecule is CCCCC/C=C\C[C@@H](O)[C@H](O)CCCCCCCC(=O)OC[C@H](COP(=O)(O)OC[C@@H](O)COP(=O)(O)O)OC(=O)CCCCCCCCC/C=C\CCCCCC. The van der Waals surface area contributed by atoms with Crippen LogP contribution in [0.2, 0.25) is 0 Å². The van der Waals surface area contributed by atoms with E-state index in [4.69, 9.17) is 23.8 Å². The number of hydrogen-bond acceptors (Lipinski definition) is 12. The maximum absolute atomic E-state index is 12.7. The van der Waals surface area contributed by atoms with Crippen LogP contribution in [-0.4, -0.2) is 92.8 Å². The van der Waals surface area contributed by atoms with Gasteiger partial charge in [0.05, 0.1) is 32.0 Å². The van der Waals surface area contributed by atoms with Crippen LogP contribution < -0.4 is 0 Å². The van der Waals surface area contributed by atoms with Crippen molar-refractivity contribution in [3.8, 4) is 0 Å². The quantitative estimate of drug-likeness (QED) is 0.0145. The van der Waals surface area contributed by atoms with Gasteiger partial charge in [0.15, 0.2) is 6.10 Å². The average Bonchev–Trinajstić information content (AvgIpc) is 3.19. The Balaban J connectivity index is 4.62. The zero-order valence-electron chi connectivity index (χ0n) is 36.1. The number of carbonyl (C=O) groups is 2. The van der Waals surface area contributed by atoms with E-state index in [0.29, 0.717) is 25.7 Å². The van der Waals surface area contributed by atoms with Crippen LogP contribution in [0.4, 0.5) is 0 Å². The van der Waals surface area contributed by atoms with Gasteiger partial charge >= 0.3 is 27.6 Å². The first-order valence-electron chi connectivity index (χ1n) is 22.2. The molecule has 0 aliphatic carbocycles. The maximum Gasteiger partial charge on any atom is 0.472 e. The fraction of sp³-hybridized carbons (Fsp3) is 0.857. The Bertz CT molecular complexity index is 1180. The van der Waals surface area contributed by atoms with E-state index < -0.39 is 78.4 Å². The molecule has 0 heterocycles. The molecule has 5 atom stereocenters. The van der Waals surface area contributed by atoms with Gasteiger partial charge < -0.3 is 39.5 Å². The molecule has 0 saturated heterocycles. The van der Waals surface area contributed by atoms with Gasteiger partial charge in [-0.1, -0.05) is 128 Å². The zero-order valence-corrected chi connectivity index (χ0v) is 37.9. The molecule has 0 saturated carbocycles. The molecule has 0 amide bonds. The second-order valence-electron chi connectivity index (χ2n) is 15.3. The molecule has 0 aromatic carbocycles. The third-order valence-electron chi connectivity index (χ3n) is 9.50. The second-order valence-corrected chi connectivity index (χ2v) is 18.0. The lowest BCUT2D eigenvalue weighted by Crippen LogP contribution is -2.30. The van der Waals surface area contributed by atoms with Gasteiger partial charge in [0.1, 0.15) is 12.7 Å². The number of esters is 2. The van der Waals surface area contributed by atoms with Crippen molar-refractivity contribution in [2.45, 2.75) is 205 Å². The van der Waals surface area contributed by atoms with Crippen LogP contribution in [0.15, 0.2) is 24.3 Å². The van der Waals surface area contributed by atoms with Crippen molar-refractivity contribution in [2.75, 3.05) is 26.4 Å². The van der Waals surface area contributed by atoms with E-state index in [2.05, 4.69) is 41.1 Å². The zero-order chi connectivity index (χ0) is 44.0. The van der Waals surface area contributed by atoms with Gasteiger partial charge in [-0.05, 0) is 64.2 Å². The van der Waals surface area contributed by atoms with Gasteiger partial charge in [0, 0.05) is 12.8 Å². The van der Waals surface area contributed by atoms with Crippen molar-refractivity contribution in [3.63, 3.8) is 0 Å². The first kappa shape index (κ1) is 57.5. The second kappa shape index (κ2) is 38.2. The van der Waals surface area contributed by atoms with E-state index in [1.807, 2.05) is 6.08 Å². The molecule has 0 radical (unpaired) electrons. The highest BCUT2D eigenvalue weighted by Crippen LogP contribution is 2.43. The summed E-state index contributed by atoms with van der Waals surface area (Å²) in [7, 11) is -9.72. The number of unbranched alkanes of at least 4 members (excludes halogenated alkanes) is 18. The number of carbonyl (C=O) groups excluding carboxylic acids is 2. The molecule has 15 nitrogen and oxygen atoms in total. The van der Waals surface area contributed by atoms with Crippen molar-refractivity contribution in [1.29, 1.82) is 0 Å². The smallest absolute Gasteiger partial charge is 0.462 e. The number of phosphoric ester groups is 2. The summed E-state index contributed by atoms with van der Waals surface area (Å²) in [4.78, 5) is 52.7. The van der Waals surface area contributed by atoms with Crippen LogP contribution in [0.5, 0.6) is 0 Å². The Hall–Kier alpha value is -1.48. The van der Waals surface area contributed by atoms with Crippen molar-refractivity contribution in [1.82, 2.24) is 0 Å². The van der Waals surface area contributed by atoms with E-state index in [-0.39, 0.29) is 12.8 Å². The molecule has 0 rings (SSSR count). The van der Waals surface area contributed by atoms with E-state index >= 15 is 0 Å². The molecule has 0 spiro atoms. The lowest BCUT2D eigenvalue weighted by Gasteiger charge is -2.20. The standard InChI is InChI=1S/C42H80O15P2/c1-3-5-7-9-11-12-13-14-15-16-17-18-19-23-28-32-42(47)57-38(36-56-59(51,52)55-34-37(43)33-54-58(48,49)50)35-53-41(46)31-27-24-20-22-26-30-40(45)39(44)29-25-21-10-8-6-4-2/h12-13,21,25,37-40,43-45H,3-11,14-20,22-24,26-36H2,1-2H3,(H,51,52)(H2,48,49,50)/b13-12-,25-21-/t37-,38+,39+,40+/m0/s1. The molecule has 0 aliphatic heterocycles. The fourth-order valence-electron chi connectivity index (χ4n) is 5.95. The van der Waals surface area contributed by atoms with Gasteiger partial charge in [-0.15, -0.1) is 0 Å². The molecule has 1 unspecified atom stereocenters. The Kier molecular flexibility index (Phi) is 37.3. The molecule has 0 aromatic rings. The predicted octanol–water partition coefficient (Wildman–Crippen LogP) is 9.06. The van der Waals surface area contributed by atoms with Crippen LogP contribution in [-0.2, 0) is 41.8 Å². The number of phosphoric acid groups is 2. The van der Waals surface area contributed by atoms with E-state index in [1.165, 1.54) is 38.5 Å². The summed E-state index contributed by atoms with van der Waals surface area (Å²) in [6.07, 6.45) is 27.6. The summed E-state index contributed by atoms with van der Waals surface area (Å²) in [5.41, 5.74) is 0. The molecule has 0 fully saturated rings. The number of rotatable bonds is 42. The van der Waals surface area contributed by atoms with Crippen LogP contribution in [0, 0.1) is 0 Å². The highest BCUT2D eigenvalue weighted by Gasteiger charge is 2.28. The minimum atomic E-state index is -4.88. The van der Waals surface area contributed by atoms with Gasteiger partial charge in [-0.3, -0.25) is 23.2 Å². The van der Waals surface area contributed by atoms with E-state index in [0.717, 1.165) is 89.9 Å². The monoisotopic (exact) mass is 886 g/mol. The summed E-state index contributed by atoms with van der Waals surface area (Å²) in [5, 5.41) is 30.2. The number of aliphatic hydroxyl groups excluding tert-OH is 3. The Morgan fingerprint density at radius 3 is 1.58 bits per heavy atom. The van der Waals surface area contributed by atoms with Crippen molar-refractivity contribution in [2.24, 2.45) is 0 Å². The van der Waals surface area contributed by atoms with Gasteiger partial charge in [0.25, 0.3) is 0 Å². The summed E-state index contributed by atoms with van der Waals surface area (Å²) < 4.78 is 47.7.